The molecule has 0 unspecified atom stereocenters. The third-order valence-corrected chi connectivity index (χ3v) is 4.77. The molecular formula is C21H30N4O2. The molecule has 3 rings (SSSR count). The molecule has 0 atom stereocenters. The quantitative estimate of drug-likeness (QED) is 0.683. The smallest absolute Gasteiger partial charge is 0.133 e. The lowest BCUT2D eigenvalue weighted by molar-refractivity contribution is 0.146. The van der Waals surface area contributed by atoms with Crippen LogP contribution in [0.25, 0.3) is 0 Å². The molecule has 0 amide bonds. The second-order valence-corrected chi connectivity index (χ2v) is 6.87. The highest BCUT2D eigenvalue weighted by atomic mass is 16.5. The van der Waals surface area contributed by atoms with E-state index in [1.54, 1.807) is 7.11 Å². The van der Waals surface area contributed by atoms with Crippen LogP contribution in [0.4, 0.5) is 5.82 Å². The summed E-state index contributed by atoms with van der Waals surface area (Å²) in [6.07, 6.45) is 1.89. The molecule has 1 N–H and O–H groups in total. The number of anilines is 1. The van der Waals surface area contributed by atoms with Crippen LogP contribution in [0, 0.1) is 0 Å². The first-order valence-electron chi connectivity index (χ1n) is 9.55. The minimum Gasteiger partial charge on any atom is -0.491 e. The largest absolute Gasteiger partial charge is 0.491 e. The zero-order valence-electron chi connectivity index (χ0n) is 16.4. The first-order chi connectivity index (χ1) is 13.3. The standard InChI is InChI=1S/C21H30N4O2/c1-24-9-11-25(12-10-24)21-19(6-4-8-23-21)17-22-16-18-5-3-7-20(15-18)27-14-13-26-2/h3-8,15,22H,9-14,16-17H2,1-2H3. The van der Waals surface area contributed by atoms with Crippen LogP contribution < -0.4 is 15.0 Å². The number of hydrogen-bond donors (Lipinski definition) is 1. The van der Waals surface area contributed by atoms with Crippen LogP contribution in [-0.4, -0.2) is 63.4 Å². The predicted octanol–water partition coefficient (Wildman–Crippen LogP) is 2.15. The van der Waals surface area contributed by atoms with Crippen molar-refractivity contribution in [3.05, 3.63) is 53.7 Å². The Labute approximate surface area is 162 Å². The van der Waals surface area contributed by atoms with Crippen LogP contribution >= 0.6 is 0 Å². The summed E-state index contributed by atoms with van der Waals surface area (Å²) in [5, 5.41) is 3.54. The van der Waals surface area contributed by atoms with E-state index in [-0.39, 0.29) is 0 Å². The Morgan fingerprint density at radius 1 is 1.04 bits per heavy atom. The van der Waals surface area contributed by atoms with E-state index in [0.717, 1.165) is 50.8 Å². The van der Waals surface area contributed by atoms with Crippen molar-refractivity contribution in [1.82, 2.24) is 15.2 Å². The molecule has 0 radical (unpaired) electrons. The highest BCUT2D eigenvalue weighted by Gasteiger charge is 2.17. The Bertz CT molecular complexity index is 702. The number of nitrogens with one attached hydrogen (secondary N) is 1. The lowest BCUT2D eigenvalue weighted by Crippen LogP contribution is -2.45. The van der Waals surface area contributed by atoms with Gasteiger partial charge in [-0.05, 0) is 30.8 Å². The molecule has 146 valence electrons. The Morgan fingerprint density at radius 3 is 2.70 bits per heavy atom. The topological polar surface area (TPSA) is 49.9 Å². The van der Waals surface area contributed by atoms with Crippen LogP contribution in [-0.2, 0) is 17.8 Å². The van der Waals surface area contributed by atoms with Crippen LogP contribution in [0.3, 0.4) is 0 Å². The van der Waals surface area contributed by atoms with Crippen molar-refractivity contribution in [1.29, 1.82) is 0 Å². The highest BCUT2D eigenvalue weighted by molar-refractivity contribution is 5.47. The summed E-state index contributed by atoms with van der Waals surface area (Å²) in [6.45, 7) is 6.97. The fourth-order valence-electron chi connectivity index (χ4n) is 3.20. The molecule has 1 aromatic heterocycles. The summed E-state index contributed by atoms with van der Waals surface area (Å²) >= 11 is 0. The zero-order chi connectivity index (χ0) is 18.9. The van der Waals surface area contributed by atoms with Gasteiger partial charge in [-0.3, -0.25) is 0 Å². The molecule has 1 aliphatic rings. The van der Waals surface area contributed by atoms with Crippen LogP contribution in [0.5, 0.6) is 5.75 Å². The van der Waals surface area contributed by atoms with Crippen molar-refractivity contribution in [2.75, 3.05) is 58.5 Å². The number of piperazine rings is 1. The average molecular weight is 370 g/mol. The monoisotopic (exact) mass is 370 g/mol. The van der Waals surface area contributed by atoms with Crippen molar-refractivity contribution in [3.8, 4) is 5.75 Å². The second kappa shape index (κ2) is 10.3. The van der Waals surface area contributed by atoms with E-state index in [1.807, 2.05) is 24.4 Å². The summed E-state index contributed by atoms with van der Waals surface area (Å²) in [5.41, 5.74) is 2.45. The number of hydrogen-bond acceptors (Lipinski definition) is 6. The van der Waals surface area contributed by atoms with Gasteiger partial charge in [0.2, 0.25) is 0 Å². The Morgan fingerprint density at radius 2 is 1.89 bits per heavy atom. The molecular weight excluding hydrogens is 340 g/mol. The molecule has 1 fully saturated rings. The molecule has 0 saturated carbocycles. The predicted molar refractivity (Wildman–Crippen MR) is 108 cm³/mol. The van der Waals surface area contributed by atoms with Gasteiger partial charge < -0.3 is 24.6 Å². The van der Waals surface area contributed by atoms with Crippen molar-refractivity contribution < 1.29 is 9.47 Å². The maximum absolute atomic E-state index is 5.69. The SMILES string of the molecule is COCCOc1cccc(CNCc2cccnc2N2CCN(C)CC2)c1. The number of likely N-dealkylation sites (N-methyl/N-ethyl adjacent to an activating group) is 1. The van der Waals surface area contributed by atoms with E-state index in [0.29, 0.717) is 13.2 Å². The number of pyridine rings is 1. The van der Waals surface area contributed by atoms with Gasteiger partial charge in [0, 0.05) is 58.1 Å². The fourth-order valence-corrected chi connectivity index (χ4v) is 3.20. The van der Waals surface area contributed by atoms with Crippen molar-refractivity contribution in [3.63, 3.8) is 0 Å². The Kier molecular flexibility index (Phi) is 7.45. The first-order valence-corrected chi connectivity index (χ1v) is 9.55. The normalized spacial score (nSPS) is 15.1. The first kappa shape index (κ1) is 19.6. The summed E-state index contributed by atoms with van der Waals surface area (Å²) in [5.74, 6) is 1.99. The average Bonchev–Trinajstić information content (AvgIpc) is 2.70. The van der Waals surface area contributed by atoms with Gasteiger partial charge in [-0.25, -0.2) is 4.98 Å². The molecule has 6 nitrogen and oxygen atoms in total. The maximum Gasteiger partial charge on any atom is 0.133 e. The second-order valence-electron chi connectivity index (χ2n) is 6.87. The summed E-state index contributed by atoms with van der Waals surface area (Å²) in [7, 11) is 3.85. The molecule has 2 heterocycles. The lowest BCUT2D eigenvalue weighted by Gasteiger charge is -2.34. The van der Waals surface area contributed by atoms with Gasteiger partial charge in [0.15, 0.2) is 0 Å². The molecule has 0 spiro atoms. The summed E-state index contributed by atoms with van der Waals surface area (Å²) in [6, 6.07) is 12.4. The minimum absolute atomic E-state index is 0.567. The minimum atomic E-state index is 0.567. The van der Waals surface area contributed by atoms with Crippen molar-refractivity contribution in [2.24, 2.45) is 0 Å². The number of methoxy groups -OCH3 is 1. The molecule has 27 heavy (non-hydrogen) atoms. The molecule has 1 saturated heterocycles. The maximum atomic E-state index is 5.69. The third-order valence-electron chi connectivity index (χ3n) is 4.77. The molecule has 1 aliphatic heterocycles. The van der Waals surface area contributed by atoms with Crippen LogP contribution in [0.1, 0.15) is 11.1 Å². The number of rotatable bonds is 9. The van der Waals surface area contributed by atoms with E-state index in [9.17, 15) is 0 Å². The Hall–Kier alpha value is -2.15. The van der Waals surface area contributed by atoms with Gasteiger partial charge in [-0.2, -0.15) is 0 Å². The summed E-state index contributed by atoms with van der Waals surface area (Å²) < 4.78 is 10.7. The van der Waals surface area contributed by atoms with E-state index >= 15 is 0 Å². The highest BCUT2D eigenvalue weighted by Crippen LogP contribution is 2.19. The van der Waals surface area contributed by atoms with Gasteiger partial charge in [0.1, 0.15) is 18.2 Å². The van der Waals surface area contributed by atoms with Gasteiger partial charge in [-0.15, -0.1) is 0 Å². The number of nitrogens with zero attached hydrogens (tertiary/aromatic N) is 3. The zero-order valence-corrected chi connectivity index (χ0v) is 16.4. The van der Waals surface area contributed by atoms with Gasteiger partial charge in [0.05, 0.1) is 6.61 Å². The van der Waals surface area contributed by atoms with Crippen LogP contribution in [0.2, 0.25) is 0 Å². The number of benzene rings is 1. The van der Waals surface area contributed by atoms with Crippen molar-refractivity contribution >= 4 is 5.82 Å². The Balaban J connectivity index is 1.54. The van der Waals surface area contributed by atoms with Gasteiger partial charge >= 0.3 is 0 Å². The number of ether oxygens (including phenoxy) is 2. The molecule has 6 heteroatoms. The van der Waals surface area contributed by atoms with E-state index in [4.69, 9.17) is 9.47 Å². The molecule has 0 aliphatic carbocycles. The lowest BCUT2D eigenvalue weighted by atomic mass is 10.2. The van der Waals surface area contributed by atoms with Gasteiger partial charge in [0.25, 0.3) is 0 Å². The molecule has 2 aromatic rings. The number of aromatic nitrogens is 1. The van der Waals surface area contributed by atoms with Crippen molar-refractivity contribution in [2.45, 2.75) is 13.1 Å². The van der Waals surface area contributed by atoms with Crippen LogP contribution in [0.15, 0.2) is 42.6 Å². The summed E-state index contributed by atoms with van der Waals surface area (Å²) in [4.78, 5) is 9.39. The van der Waals surface area contributed by atoms with E-state index in [2.05, 4.69) is 45.3 Å². The fraction of sp³-hybridized carbons (Fsp3) is 0.476. The van der Waals surface area contributed by atoms with Gasteiger partial charge in [-0.1, -0.05) is 18.2 Å². The molecule has 0 bridgehead atoms. The molecule has 1 aromatic carbocycles. The van der Waals surface area contributed by atoms with E-state index in [1.165, 1.54) is 11.1 Å². The third kappa shape index (κ3) is 5.92. The van der Waals surface area contributed by atoms with E-state index < -0.39 is 0 Å².